The van der Waals surface area contributed by atoms with Crippen molar-refractivity contribution in [3.8, 4) is 0 Å². The topological polar surface area (TPSA) is 85.5 Å². The number of rotatable bonds is 2. The van der Waals surface area contributed by atoms with Crippen molar-refractivity contribution in [1.29, 1.82) is 0 Å². The molecule has 0 bridgehead atoms. The first kappa shape index (κ1) is 16.1. The highest BCUT2D eigenvalue weighted by molar-refractivity contribution is 5.85. The van der Waals surface area contributed by atoms with Gasteiger partial charge in [0.05, 0.1) is 0 Å². The Balaban J connectivity index is 1.55. The van der Waals surface area contributed by atoms with E-state index in [1.54, 1.807) is 18.7 Å². The van der Waals surface area contributed by atoms with Gasteiger partial charge in [0.2, 0.25) is 0 Å². The molecule has 4 rings (SSSR count). The normalized spacial score (nSPS) is 21.3. The van der Waals surface area contributed by atoms with Crippen molar-refractivity contribution in [3.63, 3.8) is 0 Å². The molecular weight excluding hydrogens is 324 g/mol. The molecule has 2 saturated heterocycles. The quantitative estimate of drug-likeness (QED) is 0.728. The molecule has 4 heterocycles. The average Bonchev–Trinajstić information content (AvgIpc) is 3.26. The predicted octanol–water partition coefficient (Wildman–Crippen LogP) is -0.505. The van der Waals surface area contributed by atoms with Crippen molar-refractivity contribution < 1.29 is 9.53 Å². The molecule has 134 valence electrons. The number of carbonyl (C=O) groups is 1. The molecule has 0 aliphatic carbocycles. The molecule has 2 fully saturated rings. The van der Waals surface area contributed by atoms with Crippen LogP contribution in [0.2, 0.25) is 0 Å². The fourth-order valence-electron chi connectivity index (χ4n) is 3.66. The van der Waals surface area contributed by atoms with Gasteiger partial charge in [-0.2, -0.15) is 0 Å². The van der Waals surface area contributed by atoms with E-state index in [2.05, 4.69) is 14.9 Å². The fraction of sp³-hybridized carbons (Fsp3) is 0.625. The van der Waals surface area contributed by atoms with E-state index in [1.165, 1.54) is 10.9 Å². The lowest BCUT2D eigenvalue weighted by molar-refractivity contribution is -0.141. The van der Waals surface area contributed by atoms with Crippen molar-refractivity contribution >= 4 is 22.9 Å². The number of hydrogen-bond donors (Lipinski definition) is 0. The standard InChI is InChI=1S/C16H22N6O3/c1-19-12-13(20(2)16(19)24)17-10-18-14(12)21-5-7-22(8-6-21)15(23)11-4-3-9-25-11/h10-11H,3-9H2,1-2H3. The Morgan fingerprint density at radius 1 is 1.16 bits per heavy atom. The number of carbonyl (C=O) groups excluding carboxylic acids is 1. The van der Waals surface area contributed by atoms with Crippen molar-refractivity contribution in [1.82, 2.24) is 24.0 Å². The van der Waals surface area contributed by atoms with E-state index in [9.17, 15) is 9.59 Å². The van der Waals surface area contributed by atoms with E-state index in [0.717, 1.165) is 24.2 Å². The number of aromatic nitrogens is 4. The maximum atomic E-state index is 12.5. The van der Waals surface area contributed by atoms with Crippen LogP contribution in [0.3, 0.4) is 0 Å². The van der Waals surface area contributed by atoms with E-state index in [0.29, 0.717) is 38.4 Å². The molecule has 1 atom stereocenters. The molecule has 25 heavy (non-hydrogen) atoms. The Bertz CT molecular complexity index is 859. The second kappa shape index (κ2) is 6.14. The van der Waals surface area contributed by atoms with Crippen molar-refractivity contribution in [2.75, 3.05) is 37.7 Å². The van der Waals surface area contributed by atoms with Gasteiger partial charge in [0.1, 0.15) is 17.9 Å². The molecule has 0 aromatic carbocycles. The molecule has 0 saturated carbocycles. The second-order valence-electron chi connectivity index (χ2n) is 6.58. The molecule has 9 nitrogen and oxygen atoms in total. The van der Waals surface area contributed by atoms with Gasteiger partial charge in [0, 0.05) is 46.9 Å². The molecule has 1 amide bonds. The summed E-state index contributed by atoms with van der Waals surface area (Å²) in [5.74, 6) is 0.839. The van der Waals surface area contributed by atoms with Crippen LogP contribution in [-0.4, -0.2) is 68.8 Å². The van der Waals surface area contributed by atoms with Gasteiger partial charge >= 0.3 is 5.69 Å². The zero-order valence-electron chi connectivity index (χ0n) is 14.5. The number of amides is 1. The summed E-state index contributed by atoms with van der Waals surface area (Å²) in [6.45, 7) is 3.29. The number of fused-ring (bicyclic) bond motifs is 1. The molecule has 2 aliphatic rings. The zero-order valence-corrected chi connectivity index (χ0v) is 14.5. The van der Waals surface area contributed by atoms with Gasteiger partial charge in [-0.05, 0) is 12.8 Å². The summed E-state index contributed by atoms with van der Waals surface area (Å²) in [6.07, 6.45) is 2.99. The number of hydrogen-bond acceptors (Lipinski definition) is 6. The highest BCUT2D eigenvalue weighted by Gasteiger charge is 2.31. The summed E-state index contributed by atoms with van der Waals surface area (Å²) in [5.41, 5.74) is 1.23. The van der Waals surface area contributed by atoms with Crippen molar-refractivity contribution in [2.45, 2.75) is 18.9 Å². The molecule has 0 N–H and O–H groups in total. The first-order valence-electron chi connectivity index (χ1n) is 8.59. The highest BCUT2D eigenvalue weighted by Crippen LogP contribution is 2.23. The summed E-state index contributed by atoms with van der Waals surface area (Å²) in [4.78, 5) is 37.3. The third kappa shape index (κ3) is 2.58. The van der Waals surface area contributed by atoms with E-state index in [1.807, 2.05) is 4.90 Å². The Morgan fingerprint density at radius 3 is 2.60 bits per heavy atom. The number of imidazole rings is 1. The lowest BCUT2D eigenvalue weighted by atomic mass is 10.2. The van der Waals surface area contributed by atoms with Crippen LogP contribution in [0.4, 0.5) is 5.82 Å². The first-order chi connectivity index (χ1) is 12.1. The molecule has 2 aliphatic heterocycles. The van der Waals surface area contributed by atoms with Crippen LogP contribution in [0.1, 0.15) is 12.8 Å². The lowest BCUT2D eigenvalue weighted by Gasteiger charge is -2.36. The van der Waals surface area contributed by atoms with Gasteiger partial charge in [-0.3, -0.25) is 13.9 Å². The smallest absolute Gasteiger partial charge is 0.329 e. The molecule has 1 unspecified atom stereocenters. The Hall–Kier alpha value is -2.42. The average molecular weight is 346 g/mol. The first-order valence-corrected chi connectivity index (χ1v) is 8.59. The Morgan fingerprint density at radius 2 is 1.92 bits per heavy atom. The summed E-state index contributed by atoms with van der Waals surface area (Å²) >= 11 is 0. The van der Waals surface area contributed by atoms with E-state index < -0.39 is 0 Å². The lowest BCUT2D eigenvalue weighted by Crippen LogP contribution is -2.51. The van der Waals surface area contributed by atoms with E-state index in [4.69, 9.17) is 4.74 Å². The van der Waals surface area contributed by atoms with Gasteiger partial charge in [-0.25, -0.2) is 14.8 Å². The Labute approximate surface area is 144 Å². The van der Waals surface area contributed by atoms with Crippen molar-refractivity contribution in [3.05, 3.63) is 16.8 Å². The molecule has 2 aromatic rings. The van der Waals surface area contributed by atoms with Crippen molar-refractivity contribution in [2.24, 2.45) is 14.1 Å². The summed E-state index contributed by atoms with van der Waals surface area (Å²) < 4.78 is 8.61. The Kier molecular flexibility index (Phi) is 3.95. The van der Waals surface area contributed by atoms with Crippen LogP contribution >= 0.6 is 0 Å². The summed E-state index contributed by atoms with van der Waals surface area (Å²) in [5, 5.41) is 0. The van der Waals surface area contributed by atoms with Crippen LogP contribution in [0.15, 0.2) is 11.1 Å². The minimum Gasteiger partial charge on any atom is -0.368 e. The largest absolute Gasteiger partial charge is 0.368 e. The predicted molar refractivity (Wildman–Crippen MR) is 91.5 cm³/mol. The van der Waals surface area contributed by atoms with Gasteiger partial charge in [-0.15, -0.1) is 0 Å². The van der Waals surface area contributed by atoms with Gasteiger partial charge < -0.3 is 14.5 Å². The molecule has 0 radical (unpaired) electrons. The zero-order chi connectivity index (χ0) is 17.6. The van der Waals surface area contributed by atoms with Crippen LogP contribution < -0.4 is 10.6 Å². The maximum absolute atomic E-state index is 12.5. The second-order valence-corrected chi connectivity index (χ2v) is 6.58. The summed E-state index contributed by atoms with van der Waals surface area (Å²) in [6, 6.07) is 0. The number of piperazine rings is 1. The monoisotopic (exact) mass is 346 g/mol. The highest BCUT2D eigenvalue weighted by atomic mass is 16.5. The molecule has 2 aromatic heterocycles. The molecule has 9 heteroatoms. The van der Waals surface area contributed by atoms with Gasteiger partial charge in [0.25, 0.3) is 5.91 Å². The number of nitrogens with zero attached hydrogens (tertiary/aromatic N) is 6. The fourth-order valence-corrected chi connectivity index (χ4v) is 3.66. The number of ether oxygens (including phenoxy) is 1. The summed E-state index contributed by atoms with van der Waals surface area (Å²) in [7, 11) is 3.44. The third-order valence-corrected chi connectivity index (χ3v) is 5.11. The van der Waals surface area contributed by atoms with E-state index in [-0.39, 0.29) is 17.7 Å². The van der Waals surface area contributed by atoms with Crippen LogP contribution in [0, 0.1) is 0 Å². The number of anilines is 1. The minimum atomic E-state index is -0.271. The van der Waals surface area contributed by atoms with Crippen LogP contribution in [0.25, 0.3) is 11.2 Å². The maximum Gasteiger partial charge on any atom is 0.329 e. The van der Waals surface area contributed by atoms with Crippen LogP contribution in [0.5, 0.6) is 0 Å². The van der Waals surface area contributed by atoms with Crippen LogP contribution in [-0.2, 0) is 23.6 Å². The number of aryl methyl sites for hydroxylation is 2. The van der Waals surface area contributed by atoms with E-state index >= 15 is 0 Å². The minimum absolute atomic E-state index is 0.0945. The van der Waals surface area contributed by atoms with Gasteiger partial charge in [0.15, 0.2) is 11.5 Å². The van der Waals surface area contributed by atoms with Gasteiger partial charge in [-0.1, -0.05) is 0 Å². The molecule has 0 spiro atoms. The third-order valence-electron chi connectivity index (χ3n) is 5.11. The molecular formula is C16H22N6O3. The SMILES string of the molecule is Cn1c(=O)n(C)c2c(N3CCN(C(=O)C4CCCO4)CC3)ncnc21.